The minimum Gasteiger partial charge on any atom is -0.494 e. The molecule has 0 aliphatic heterocycles. The number of fused-ring (bicyclic) bond motifs is 1. The first-order chi connectivity index (χ1) is 10.4. The van der Waals surface area contributed by atoms with E-state index in [0.717, 1.165) is 23.3 Å². The predicted octanol–water partition coefficient (Wildman–Crippen LogP) is 2.85. The third-order valence-corrected chi connectivity index (χ3v) is 3.97. The third-order valence-electron chi connectivity index (χ3n) is 3.97. The van der Waals surface area contributed by atoms with Crippen LogP contribution in [0.5, 0.6) is 5.75 Å². The lowest BCUT2D eigenvalue weighted by atomic mass is 10.2. The largest absolute Gasteiger partial charge is 0.494 e. The zero-order valence-corrected chi connectivity index (χ0v) is 14.2. The molecule has 0 bridgehead atoms. The monoisotopic (exact) mass is 305 g/mol. The quantitative estimate of drug-likeness (QED) is 0.856. The Morgan fingerprint density at radius 3 is 2.50 bits per heavy atom. The summed E-state index contributed by atoms with van der Waals surface area (Å²) < 4.78 is 7.34. The zero-order chi connectivity index (χ0) is 16.3. The fourth-order valence-corrected chi connectivity index (χ4v) is 2.94. The summed E-state index contributed by atoms with van der Waals surface area (Å²) in [7, 11) is 0. The van der Waals surface area contributed by atoms with Gasteiger partial charge in [0.15, 0.2) is 0 Å². The maximum Gasteiger partial charge on any atom is 0.326 e. The van der Waals surface area contributed by atoms with Crippen LogP contribution in [-0.2, 0) is 6.54 Å². The minimum absolute atomic E-state index is 0.0592. The molecule has 0 saturated heterocycles. The number of imidazole rings is 1. The molecular weight excluding hydrogens is 278 g/mol. The van der Waals surface area contributed by atoms with Crippen molar-refractivity contribution in [3.63, 3.8) is 0 Å². The number of rotatable bonds is 7. The SMILES string of the molecule is CCOc1ccc2[nH]c(=O)n(CCN(C(C)C)C(C)C)c2c1. The highest BCUT2D eigenvalue weighted by Crippen LogP contribution is 2.19. The summed E-state index contributed by atoms with van der Waals surface area (Å²) in [5.41, 5.74) is 1.70. The lowest BCUT2D eigenvalue weighted by molar-refractivity contribution is 0.168. The predicted molar refractivity (Wildman–Crippen MR) is 90.7 cm³/mol. The van der Waals surface area contributed by atoms with Crippen molar-refractivity contribution in [3.05, 3.63) is 28.7 Å². The zero-order valence-electron chi connectivity index (χ0n) is 14.2. The molecule has 1 heterocycles. The molecule has 0 aliphatic carbocycles. The second-order valence-corrected chi connectivity index (χ2v) is 6.12. The smallest absolute Gasteiger partial charge is 0.326 e. The highest BCUT2D eigenvalue weighted by atomic mass is 16.5. The molecule has 0 unspecified atom stereocenters. The Hall–Kier alpha value is -1.75. The molecule has 22 heavy (non-hydrogen) atoms. The average Bonchev–Trinajstić information content (AvgIpc) is 2.74. The van der Waals surface area contributed by atoms with Crippen molar-refractivity contribution in [2.45, 2.75) is 53.2 Å². The van der Waals surface area contributed by atoms with Gasteiger partial charge in [0.05, 0.1) is 17.6 Å². The Balaban J connectivity index is 2.28. The van der Waals surface area contributed by atoms with Crippen LogP contribution in [0.15, 0.2) is 23.0 Å². The van der Waals surface area contributed by atoms with Crippen LogP contribution in [-0.4, -0.2) is 39.7 Å². The van der Waals surface area contributed by atoms with E-state index in [2.05, 4.69) is 37.6 Å². The van der Waals surface area contributed by atoms with E-state index >= 15 is 0 Å². The molecule has 0 atom stereocenters. The van der Waals surface area contributed by atoms with Crippen molar-refractivity contribution < 1.29 is 4.74 Å². The van der Waals surface area contributed by atoms with Gasteiger partial charge in [-0.15, -0.1) is 0 Å². The van der Waals surface area contributed by atoms with E-state index in [1.165, 1.54) is 0 Å². The van der Waals surface area contributed by atoms with Gasteiger partial charge in [-0.2, -0.15) is 0 Å². The Labute approximate surface area is 131 Å². The first kappa shape index (κ1) is 16.6. The molecule has 0 radical (unpaired) electrons. The van der Waals surface area contributed by atoms with Crippen molar-refractivity contribution >= 4 is 11.0 Å². The van der Waals surface area contributed by atoms with E-state index in [4.69, 9.17) is 4.74 Å². The number of nitrogens with one attached hydrogen (secondary N) is 1. The Kier molecular flexibility index (Phi) is 5.29. The first-order valence-electron chi connectivity index (χ1n) is 8.05. The van der Waals surface area contributed by atoms with Crippen LogP contribution in [0.25, 0.3) is 11.0 Å². The lowest BCUT2D eigenvalue weighted by Gasteiger charge is -2.30. The van der Waals surface area contributed by atoms with Crippen LogP contribution >= 0.6 is 0 Å². The summed E-state index contributed by atoms with van der Waals surface area (Å²) in [4.78, 5) is 17.5. The molecule has 1 N–H and O–H groups in total. The van der Waals surface area contributed by atoms with E-state index in [-0.39, 0.29) is 5.69 Å². The van der Waals surface area contributed by atoms with Gasteiger partial charge < -0.3 is 9.72 Å². The molecule has 1 aromatic heterocycles. The van der Waals surface area contributed by atoms with Crippen molar-refractivity contribution in [2.24, 2.45) is 0 Å². The van der Waals surface area contributed by atoms with Crippen molar-refractivity contribution in [2.75, 3.05) is 13.2 Å². The molecule has 0 saturated carbocycles. The standard InChI is InChI=1S/C17H27N3O2/c1-6-22-14-7-8-15-16(11-14)20(17(21)18-15)10-9-19(12(2)3)13(4)5/h7-8,11-13H,6,9-10H2,1-5H3,(H,18,21). The molecule has 5 nitrogen and oxygen atoms in total. The number of ether oxygens (including phenoxy) is 1. The Morgan fingerprint density at radius 2 is 1.91 bits per heavy atom. The van der Waals surface area contributed by atoms with Gasteiger partial charge in [0.1, 0.15) is 5.75 Å². The molecule has 0 spiro atoms. The second kappa shape index (κ2) is 7.01. The van der Waals surface area contributed by atoms with Gasteiger partial charge in [-0.25, -0.2) is 4.79 Å². The molecule has 0 fully saturated rings. The number of aromatic nitrogens is 2. The molecule has 122 valence electrons. The number of hydrogen-bond acceptors (Lipinski definition) is 3. The second-order valence-electron chi connectivity index (χ2n) is 6.12. The van der Waals surface area contributed by atoms with Gasteiger partial charge in [0.2, 0.25) is 0 Å². The summed E-state index contributed by atoms with van der Waals surface area (Å²) >= 11 is 0. The van der Waals surface area contributed by atoms with Crippen LogP contribution in [0, 0.1) is 0 Å². The molecule has 2 rings (SSSR count). The highest BCUT2D eigenvalue weighted by Gasteiger charge is 2.15. The van der Waals surface area contributed by atoms with Crippen LogP contribution in [0.3, 0.4) is 0 Å². The van der Waals surface area contributed by atoms with Crippen LogP contribution < -0.4 is 10.4 Å². The van der Waals surface area contributed by atoms with E-state index in [0.29, 0.717) is 25.2 Å². The molecule has 5 heteroatoms. The normalized spacial score (nSPS) is 12.0. The minimum atomic E-state index is -0.0592. The first-order valence-corrected chi connectivity index (χ1v) is 8.05. The van der Waals surface area contributed by atoms with Gasteiger partial charge >= 0.3 is 5.69 Å². The summed E-state index contributed by atoms with van der Waals surface area (Å²) in [6.07, 6.45) is 0. The molecular formula is C17H27N3O2. The Bertz CT molecular complexity index is 662. The lowest BCUT2D eigenvalue weighted by Crippen LogP contribution is -2.40. The highest BCUT2D eigenvalue weighted by molar-refractivity contribution is 5.77. The fourth-order valence-electron chi connectivity index (χ4n) is 2.94. The maximum absolute atomic E-state index is 12.2. The number of H-pyrrole nitrogens is 1. The third kappa shape index (κ3) is 3.53. The summed E-state index contributed by atoms with van der Waals surface area (Å²) in [5, 5.41) is 0. The van der Waals surface area contributed by atoms with Crippen molar-refractivity contribution in [1.29, 1.82) is 0 Å². The molecule has 0 amide bonds. The molecule has 1 aromatic carbocycles. The number of benzene rings is 1. The van der Waals surface area contributed by atoms with E-state index < -0.39 is 0 Å². The average molecular weight is 305 g/mol. The van der Waals surface area contributed by atoms with E-state index in [1.54, 1.807) is 4.57 Å². The van der Waals surface area contributed by atoms with Gasteiger partial charge in [-0.1, -0.05) is 0 Å². The molecule has 0 aliphatic rings. The van der Waals surface area contributed by atoms with Crippen molar-refractivity contribution in [1.82, 2.24) is 14.5 Å². The summed E-state index contributed by atoms with van der Waals surface area (Å²) in [6, 6.07) is 6.65. The van der Waals surface area contributed by atoms with Gasteiger partial charge in [-0.05, 0) is 46.8 Å². The van der Waals surface area contributed by atoms with E-state index in [1.807, 2.05) is 25.1 Å². The summed E-state index contributed by atoms with van der Waals surface area (Å²) in [5.74, 6) is 0.798. The van der Waals surface area contributed by atoms with Gasteiger partial charge in [0.25, 0.3) is 0 Å². The van der Waals surface area contributed by atoms with Crippen molar-refractivity contribution in [3.8, 4) is 5.75 Å². The van der Waals surface area contributed by atoms with Crippen LogP contribution in [0.2, 0.25) is 0 Å². The number of nitrogens with zero attached hydrogens (tertiary/aromatic N) is 2. The number of hydrogen-bond donors (Lipinski definition) is 1. The summed E-state index contributed by atoms with van der Waals surface area (Å²) in [6.45, 7) is 12.8. The molecule has 2 aromatic rings. The fraction of sp³-hybridized carbons (Fsp3) is 0.588. The Morgan fingerprint density at radius 1 is 1.23 bits per heavy atom. The van der Waals surface area contributed by atoms with Crippen LogP contribution in [0.4, 0.5) is 0 Å². The topological polar surface area (TPSA) is 50.3 Å². The maximum atomic E-state index is 12.2. The van der Waals surface area contributed by atoms with Gasteiger partial charge in [0, 0.05) is 31.2 Å². The number of aromatic amines is 1. The van der Waals surface area contributed by atoms with Gasteiger partial charge in [-0.3, -0.25) is 9.47 Å². The van der Waals surface area contributed by atoms with E-state index in [9.17, 15) is 4.79 Å². The van der Waals surface area contributed by atoms with Crippen LogP contribution in [0.1, 0.15) is 34.6 Å².